The Morgan fingerprint density at radius 3 is 2.24 bits per heavy atom. The molecule has 1 aliphatic heterocycles. The lowest BCUT2D eigenvalue weighted by molar-refractivity contribution is 0.0600. The van der Waals surface area contributed by atoms with Gasteiger partial charge in [0.2, 0.25) is 0 Å². The third-order valence-corrected chi connectivity index (χ3v) is 7.60. The molecule has 1 saturated heterocycles. The summed E-state index contributed by atoms with van der Waals surface area (Å²) in [6.45, 7) is 6.28. The van der Waals surface area contributed by atoms with Gasteiger partial charge in [0.05, 0.1) is 23.7 Å². The van der Waals surface area contributed by atoms with Crippen molar-refractivity contribution in [2.75, 3.05) is 33.3 Å². The van der Waals surface area contributed by atoms with E-state index in [0.29, 0.717) is 12.2 Å². The molecule has 7 heteroatoms. The van der Waals surface area contributed by atoms with Crippen molar-refractivity contribution in [3.8, 4) is 17.1 Å². The molecule has 0 atom stereocenters. The number of rotatable bonds is 9. The van der Waals surface area contributed by atoms with Gasteiger partial charge < -0.3 is 14.5 Å². The van der Waals surface area contributed by atoms with Crippen molar-refractivity contribution in [2.45, 2.75) is 19.7 Å². The molecule has 0 radical (unpaired) electrons. The maximum atomic E-state index is 11.7. The van der Waals surface area contributed by atoms with E-state index in [4.69, 9.17) is 14.5 Å². The van der Waals surface area contributed by atoms with E-state index < -0.39 is 0 Å². The Hall–Kier alpha value is -4.46. The molecule has 0 unspecified atom stereocenters. The number of H-pyrrole nitrogens is 1. The standard InChI is InChI=1S/C34H34N4O3/c1-40-34(39)28-14-11-25(12-15-28)24-41-32-10-6-5-9-29(32)23-38-19-17-37(18-20-38)22-26-13-16-30-31(21-26)36-33(35-30)27-7-3-2-4-8-27/h2-16,21H,17-20,22-24H2,1H3,(H,35,36). The van der Waals surface area contributed by atoms with Crippen molar-refractivity contribution in [3.63, 3.8) is 0 Å². The van der Waals surface area contributed by atoms with Gasteiger partial charge >= 0.3 is 5.97 Å². The second kappa shape index (κ2) is 12.4. The molecule has 41 heavy (non-hydrogen) atoms. The number of esters is 1. The molecule has 0 amide bonds. The molecule has 1 fully saturated rings. The van der Waals surface area contributed by atoms with E-state index in [0.717, 1.165) is 73.0 Å². The summed E-state index contributed by atoms with van der Waals surface area (Å²) in [6.07, 6.45) is 0. The van der Waals surface area contributed by atoms with E-state index in [9.17, 15) is 4.79 Å². The molecule has 2 heterocycles. The summed E-state index contributed by atoms with van der Waals surface area (Å²) in [6, 6.07) is 32.4. The van der Waals surface area contributed by atoms with Gasteiger partial charge in [0.25, 0.3) is 0 Å². The van der Waals surface area contributed by atoms with E-state index >= 15 is 0 Å². The summed E-state index contributed by atoms with van der Waals surface area (Å²) in [5, 5.41) is 0. The highest BCUT2D eigenvalue weighted by molar-refractivity contribution is 5.89. The fourth-order valence-electron chi connectivity index (χ4n) is 5.28. The number of nitrogens with one attached hydrogen (secondary N) is 1. The van der Waals surface area contributed by atoms with Crippen molar-refractivity contribution < 1.29 is 14.3 Å². The smallest absolute Gasteiger partial charge is 0.337 e. The number of benzene rings is 4. The quantitative estimate of drug-likeness (QED) is 0.232. The van der Waals surface area contributed by atoms with Crippen LogP contribution in [0.4, 0.5) is 0 Å². The Bertz CT molecular complexity index is 1610. The molecular formula is C34H34N4O3. The molecule has 0 aliphatic carbocycles. The number of hydrogen-bond acceptors (Lipinski definition) is 6. The van der Waals surface area contributed by atoms with Gasteiger partial charge in [-0.1, -0.05) is 66.7 Å². The SMILES string of the molecule is COC(=O)c1ccc(COc2ccccc2CN2CCN(Cc3ccc4nc(-c5ccccc5)[nH]c4c3)CC2)cc1. The van der Waals surface area contributed by atoms with Gasteiger partial charge in [-0.2, -0.15) is 0 Å². The van der Waals surface area contributed by atoms with E-state index in [1.54, 1.807) is 12.1 Å². The van der Waals surface area contributed by atoms with Crippen LogP contribution in [0.25, 0.3) is 22.4 Å². The minimum absolute atomic E-state index is 0.334. The molecule has 0 bridgehead atoms. The van der Waals surface area contributed by atoms with Crippen LogP contribution in [0.3, 0.4) is 0 Å². The van der Waals surface area contributed by atoms with Crippen LogP contribution in [0.5, 0.6) is 5.75 Å². The predicted molar refractivity (Wildman–Crippen MR) is 161 cm³/mol. The number of imidazole rings is 1. The molecule has 1 aliphatic rings. The number of methoxy groups -OCH3 is 1. The largest absolute Gasteiger partial charge is 0.489 e. The lowest BCUT2D eigenvalue weighted by Gasteiger charge is -2.35. The first-order valence-electron chi connectivity index (χ1n) is 14.0. The maximum Gasteiger partial charge on any atom is 0.337 e. The average Bonchev–Trinajstić information content (AvgIpc) is 3.45. The van der Waals surface area contributed by atoms with Crippen LogP contribution in [-0.4, -0.2) is 59.0 Å². The van der Waals surface area contributed by atoms with Crippen molar-refractivity contribution in [3.05, 3.63) is 119 Å². The van der Waals surface area contributed by atoms with Gasteiger partial charge in [0, 0.05) is 50.4 Å². The van der Waals surface area contributed by atoms with Gasteiger partial charge in [-0.15, -0.1) is 0 Å². The first-order valence-corrected chi connectivity index (χ1v) is 14.0. The van der Waals surface area contributed by atoms with Gasteiger partial charge in [0.15, 0.2) is 0 Å². The molecule has 6 rings (SSSR count). The fourth-order valence-corrected chi connectivity index (χ4v) is 5.28. The molecule has 0 spiro atoms. The van der Waals surface area contributed by atoms with Crippen molar-refractivity contribution in [2.24, 2.45) is 0 Å². The number of carbonyl (C=O) groups excluding carboxylic acids is 1. The van der Waals surface area contributed by atoms with Crippen LogP contribution in [0.1, 0.15) is 27.0 Å². The average molecular weight is 547 g/mol. The third-order valence-electron chi connectivity index (χ3n) is 7.60. The zero-order chi connectivity index (χ0) is 28.0. The third kappa shape index (κ3) is 6.48. The highest BCUT2D eigenvalue weighted by Crippen LogP contribution is 2.24. The molecular weight excluding hydrogens is 512 g/mol. The number of ether oxygens (including phenoxy) is 2. The van der Waals surface area contributed by atoms with Crippen molar-refractivity contribution in [1.82, 2.24) is 19.8 Å². The van der Waals surface area contributed by atoms with Crippen LogP contribution in [0.2, 0.25) is 0 Å². The zero-order valence-corrected chi connectivity index (χ0v) is 23.3. The minimum Gasteiger partial charge on any atom is -0.489 e. The number of aromatic amines is 1. The van der Waals surface area contributed by atoms with Crippen molar-refractivity contribution in [1.29, 1.82) is 0 Å². The first-order chi connectivity index (χ1) is 20.1. The molecule has 1 N–H and O–H groups in total. The molecule has 5 aromatic rings. The van der Waals surface area contributed by atoms with E-state index in [2.05, 4.69) is 57.2 Å². The molecule has 1 aromatic heterocycles. The summed E-state index contributed by atoms with van der Waals surface area (Å²) in [5.74, 6) is 1.47. The monoisotopic (exact) mass is 546 g/mol. The summed E-state index contributed by atoms with van der Waals surface area (Å²) in [5.41, 5.74) is 7.20. The number of para-hydroxylation sites is 1. The van der Waals surface area contributed by atoms with Gasteiger partial charge in [-0.25, -0.2) is 9.78 Å². The fraction of sp³-hybridized carbons (Fsp3) is 0.235. The van der Waals surface area contributed by atoms with Gasteiger partial charge in [-0.05, 0) is 41.5 Å². The van der Waals surface area contributed by atoms with E-state index in [1.165, 1.54) is 18.2 Å². The maximum absolute atomic E-state index is 11.7. The Labute approximate surface area is 240 Å². The summed E-state index contributed by atoms with van der Waals surface area (Å²) in [7, 11) is 1.39. The van der Waals surface area contributed by atoms with Crippen LogP contribution >= 0.6 is 0 Å². The molecule has 208 valence electrons. The number of nitrogens with zero attached hydrogens (tertiary/aromatic N) is 3. The van der Waals surface area contributed by atoms with Crippen LogP contribution in [0.15, 0.2) is 97.1 Å². The summed E-state index contributed by atoms with van der Waals surface area (Å²) < 4.78 is 11.0. The second-order valence-corrected chi connectivity index (χ2v) is 10.4. The highest BCUT2D eigenvalue weighted by Gasteiger charge is 2.19. The van der Waals surface area contributed by atoms with Gasteiger partial charge in [0.1, 0.15) is 18.2 Å². The molecule has 7 nitrogen and oxygen atoms in total. The summed E-state index contributed by atoms with van der Waals surface area (Å²) >= 11 is 0. The van der Waals surface area contributed by atoms with E-state index in [1.807, 2.05) is 42.5 Å². The van der Waals surface area contributed by atoms with Gasteiger partial charge in [-0.3, -0.25) is 9.80 Å². The topological polar surface area (TPSA) is 70.7 Å². The number of aromatic nitrogens is 2. The van der Waals surface area contributed by atoms with Crippen LogP contribution in [0, 0.1) is 0 Å². The normalized spacial score (nSPS) is 14.3. The highest BCUT2D eigenvalue weighted by atomic mass is 16.5. The van der Waals surface area contributed by atoms with E-state index in [-0.39, 0.29) is 5.97 Å². The van der Waals surface area contributed by atoms with Crippen molar-refractivity contribution >= 4 is 17.0 Å². The number of hydrogen-bond donors (Lipinski definition) is 1. The first kappa shape index (κ1) is 26.7. The Kier molecular flexibility index (Phi) is 8.07. The lowest BCUT2D eigenvalue weighted by atomic mass is 10.1. The number of piperazine rings is 1. The predicted octanol–water partition coefficient (Wildman–Crippen LogP) is 5.91. The Morgan fingerprint density at radius 1 is 0.805 bits per heavy atom. The Morgan fingerprint density at radius 2 is 1.49 bits per heavy atom. The Balaban J connectivity index is 1.02. The minimum atomic E-state index is -0.334. The van der Waals surface area contributed by atoms with Crippen LogP contribution in [-0.2, 0) is 24.4 Å². The molecule has 4 aromatic carbocycles. The second-order valence-electron chi connectivity index (χ2n) is 10.4. The number of carbonyl (C=O) groups is 1. The number of fused-ring (bicyclic) bond motifs is 1. The van der Waals surface area contributed by atoms with Crippen LogP contribution < -0.4 is 4.74 Å². The summed E-state index contributed by atoms with van der Waals surface area (Å²) in [4.78, 5) is 25.0. The zero-order valence-electron chi connectivity index (χ0n) is 23.3. The lowest BCUT2D eigenvalue weighted by Crippen LogP contribution is -2.45. The molecule has 0 saturated carbocycles.